The standard InChI is InChI=1S/C13H16ClF3N2O3/c1-12(2,3)22-11(21)19(4-5-20)10-9(14)6-8(7-18-10)13(15,16)17/h6-7,20H,4-5H2,1-3H3. The molecule has 0 aliphatic carbocycles. The quantitative estimate of drug-likeness (QED) is 0.915. The van der Waals surface area contributed by atoms with Gasteiger partial charge in [0.2, 0.25) is 0 Å². The minimum absolute atomic E-state index is 0.210. The van der Waals surface area contributed by atoms with Crippen LogP contribution in [0, 0.1) is 0 Å². The van der Waals surface area contributed by atoms with Gasteiger partial charge in [-0.2, -0.15) is 13.2 Å². The molecule has 9 heteroatoms. The molecule has 0 radical (unpaired) electrons. The number of hydrogen-bond acceptors (Lipinski definition) is 4. The van der Waals surface area contributed by atoms with Gasteiger partial charge in [-0.05, 0) is 26.8 Å². The van der Waals surface area contributed by atoms with Crippen LogP contribution in [0.5, 0.6) is 0 Å². The lowest BCUT2D eigenvalue weighted by Gasteiger charge is -2.27. The van der Waals surface area contributed by atoms with Gasteiger partial charge >= 0.3 is 12.3 Å². The first-order chi connectivity index (χ1) is 9.95. The number of carbonyl (C=O) groups excluding carboxylic acids is 1. The Bertz CT molecular complexity index is 544. The summed E-state index contributed by atoms with van der Waals surface area (Å²) in [6.07, 6.45) is -4.89. The van der Waals surface area contributed by atoms with Crippen LogP contribution >= 0.6 is 11.6 Å². The van der Waals surface area contributed by atoms with Crippen LogP contribution in [0.3, 0.4) is 0 Å². The summed E-state index contributed by atoms with van der Waals surface area (Å²) in [4.78, 5) is 16.5. The molecule has 0 aromatic carbocycles. The number of ether oxygens (including phenoxy) is 1. The Hall–Kier alpha value is -1.54. The highest BCUT2D eigenvalue weighted by Gasteiger charge is 2.33. The zero-order chi connectivity index (χ0) is 17.1. The third-order valence-electron chi connectivity index (χ3n) is 2.34. The second kappa shape index (κ2) is 6.70. The van der Waals surface area contributed by atoms with Crippen molar-refractivity contribution >= 4 is 23.5 Å². The first kappa shape index (κ1) is 18.5. The van der Waals surface area contributed by atoms with Gasteiger partial charge in [0.1, 0.15) is 5.60 Å². The van der Waals surface area contributed by atoms with Gasteiger partial charge < -0.3 is 9.84 Å². The van der Waals surface area contributed by atoms with Gasteiger partial charge in [0.05, 0.1) is 23.7 Å². The average Bonchev–Trinajstić information content (AvgIpc) is 2.33. The first-order valence-electron chi connectivity index (χ1n) is 6.30. The summed E-state index contributed by atoms with van der Waals surface area (Å²) in [7, 11) is 0. The van der Waals surface area contributed by atoms with E-state index in [1.54, 1.807) is 20.8 Å². The maximum absolute atomic E-state index is 12.6. The SMILES string of the molecule is CC(C)(C)OC(=O)N(CCO)c1ncc(C(F)(F)F)cc1Cl. The number of pyridine rings is 1. The lowest BCUT2D eigenvalue weighted by Crippen LogP contribution is -2.39. The molecule has 0 aliphatic heterocycles. The number of hydrogen-bond donors (Lipinski definition) is 1. The van der Waals surface area contributed by atoms with Gasteiger partial charge in [0, 0.05) is 6.20 Å². The molecule has 1 N–H and O–H groups in total. The van der Waals surface area contributed by atoms with Crippen molar-refractivity contribution in [1.82, 2.24) is 4.98 Å². The predicted octanol–water partition coefficient (Wildman–Crippen LogP) is 3.49. The van der Waals surface area contributed by atoms with Crippen LogP contribution in [0.2, 0.25) is 5.02 Å². The van der Waals surface area contributed by atoms with Gasteiger partial charge in [-0.15, -0.1) is 0 Å². The van der Waals surface area contributed by atoms with E-state index >= 15 is 0 Å². The van der Waals surface area contributed by atoms with Gasteiger partial charge in [0.15, 0.2) is 5.82 Å². The van der Waals surface area contributed by atoms with Crippen LogP contribution in [0.25, 0.3) is 0 Å². The zero-order valence-corrected chi connectivity index (χ0v) is 13.0. The van der Waals surface area contributed by atoms with E-state index in [2.05, 4.69) is 4.98 Å². The van der Waals surface area contributed by atoms with Crippen LogP contribution < -0.4 is 4.90 Å². The average molecular weight is 341 g/mol. The molecule has 0 fully saturated rings. The minimum Gasteiger partial charge on any atom is -0.443 e. The van der Waals surface area contributed by atoms with Crippen molar-refractivity contribution in [2.24, 2.45) is 0 Å². The maximum atomic E-state index is 12.6. The molecule has 1 aromatic rings. The van der Waals surface area contributed by atoms with E-state index in [9.17, 15) is 18.0 Å². The molecule has 0 saturated carbocycles. The molecular weight excluding hydrogens is 325 g/mol. The van der Waals surface area contributed by atoms with Crippen molar-refractivity contribution < 1.29 is 27.8 Å². The summed E-state index contributed by atoms with van der Waals surface area (Å²) in [6.45, 7) is 4.24. The summed E-state index contributed by atoms with van der Waals surface area (Å²) in [5, 5.41) is 8.65. The molecule has 0 atom stereocenters. The van der Waals surface area contributed by atoms with Crippen LogP contribution in [-0.2, 0) is 10.9 Å². The fourth-order valence-electron chi connectivity index (χ4n) is 1.49. The zero-order valence-electron chi connectivity index (χ0n) is 12.2. The molecule has 0 spiro atoms. The summed E-state index contributed by atoms with van der Waals surface area (Å²) in [5.41, 5.74) is -1.85. The third-order valence-corrected chi connectivity index (χ3v) is 2.62. The third kappa shape index (κ3) is 5.03. The Morgan fingerprint density at radius 3 is 2.41 bits per heavy atom. The summed E-state index contributed by atoms with van der Waals surface area (Å²) >= 11 is 5.79. The normalized spacial score (nSPS) is 12.2. The van der Waals surface area contributed by atoms with Crippen LogP contribution in [0.1, 0.15) is 26.3 Å². The smallest absolute Gasteiger partial charge is 0.417 e. The molecule has 0 saturated heterocycles. The van der Waals surface area contributed by atoms with E-state index in [4.69, 9.17) is 21.4 Å². The molecule has 22 heavy (non-hydrogen) atoms. The monoisotopic (exact) mass is 340 g/mol. The highest BCUT2D eigenvalue weighted by atomic mass is 35.5. The number of aliphatic hydroxyl groups excluding tert-OH is 1. The van der Waals surface area contributed by atoms with E-state index in [0.29, 0.717) is 12.3 Å². The Balaban J connectivity index is 3.14. The lowest BCUT2D eigenvalue weighted by molar-refractivity contribution is -0.137. The number of halogens is 4. The number of rotatable bonds is 3. The van der Waals surface area contributed by atoms with E-state index in [1.807, 2.05) is 0 Å². The number of anilines is 1. The van der Waals surface area contributed by atoms with E-state index in [-0.39, 0.29) is 17.4 Å². The molecule has 5 nitrogen and oxygen atoms in total. The fraction of sp³-hybridized carbons (Fsp3) is 0.538. The second-order valence-corrected chi connectivity index (χ2v) is 5.79. The molecule has 1 rings (SSSR count). The Labute approximate surface area is 130 Å². The summed E-state index contributed by atoms with van der Waals surface area (Å²) in [6, 6.07) is 0.665. The van der Waals surface area contributed by atoms with Gasteiger partial charge in [0.25, 0.3) is 0 Å². The van der Waals surface area contributed by atoms with Crippen molar-refractivity contribution in [2.45, 2.75) is 32.5 Å². The molecule has 124 valence electrons. The number of aromatic nitrogens is 1. The number of alkyl halides is 3. The highest BCUT2D eigenvalue weighted by molar-refractivity contribution is 6.33. The van der Waals surface area contributed by atoms with Gasteiger partial charge in [-0.3, -0.25) is 4.90 Å². The Morgan fingerprint density at radius 2 is 2.00 bits per heavy atom. The van der Waals surface area contributed by atoms with Gasteiger partial charge in [-0.1, -0.05) is 11.6 Å². The topological polar surface area (TPSA) is 62.7 Å². The minimum atomic E-state index is -4.59. The fourth-order valence-corrected chi connectivity index (χ4v) is 1.75. The van der Waals surface area contributed by atoms with Crippen molar-refractivity contribution in [3.05, 3.63) is 22.8 Å². The van der Waals surface area contributed by atoms with Crippen molar-refractivity contribution in [2.75, 3.05) is 18.1 Å². The van der Waals surface area contributed by atoms with Crippen LogP contribution in [0.4, 0.5) is 23.8 Å². The molecule has 0 aliphatic rings. The molecule has 1 amide bonds. The highest BCUT2D eigenvalue weighted by Crippen LogP contribution is 2.33. The molecule has 1 heterocycles. The molecular formula is C13H16ClF3N2O3. The van der Waals surface area contributed by atoms with Crippen LogP contribution in [0.15, 0.2) is 12.3 Å². The van der Waals surface area contributed by atoms with Crippen molar-refractivity contribution in [3.63, 3.8) is 0 Å². The Morgan fingerprint density at radius 1 is 1.41 bits per heavy atom. The maximum Gasteiger partial charge on any atom is 0.417 e. The number of aliphatic hydroxyl groups is 1. The van der Waals surface area contributed by atoms with E-state index in [0.717, 1.165) is 4.90 Å². The molecule has 0 unspecified atom stereocenters. The molecule has 1 aromatic heterocycles. The van der Waals surface area contributed by atoms with Crippen molar-refractivity contribution in [3.8, 4) is 0 Å². The summed E-state index contributed by atoms with van der Waals surface area (Å²) < 4.78 is 42.9. The summed E-state index contributed by atoms with van der Waals surface area (Å²) in [5.74, 6) is -0.210. The lowest BCUT2D eigenvalue weighted by atomic mass is 10.2. The predicted molar refractivity (Wildman–Crippen MR) is 74.9 cm³/mol. The first-order valence-corrected chi connectivity index (χ1v) is 6.67. The van der Waals surface area contributed by atoms with E-state index in [1.165, 1.54) is 0 Å². The number of carbonyl (C=O) groups is 1. The number of amides is 1. The van der Waals surface area contributed by atoms with E-state index < -0.39 is 30.0 Å². The second-order valence-electron chi connectivity index (χ2n) is 5.38. The number of nitrogens with zero attached hydrogens (tertiary/aromatic N) is 2. The Kier molecular flexibility index (Phi) is 5.64. The largest absolute Gasteiger partial charge is 0.443 e. The van der Waals surface area contributed by atoms with Crippen molar-refractivity contribution in [1.29, 1.82) is 0 Å². The molecule has 0 bridgehead atoms. The van der Waals surface area contributed by atoms with Gasteiger partial charge in [-0.25, -0.2) is 9.78 Å². The van der Waals surface area contributed by atoms with Crippen LogP contribution in [-0.4, -0.2) is 34.9 Å².